The van der Waals surface area contributed by atoms with E-state index < -0.39 is 103 Å². The molecule has 0 N–H and O–H groups in total. The largest absolute Gasteiger partial charge is 0.462 e. The zero-order chi connectivity index (χ0) is 47.1. The number of halogens is 35. The first-order valence-electron chi connectivity index (χ1n) is 11.5. The van der Waals surface area contributed by atoms with Crippen LogP contribution in [0.5, 0.6) is 0 Å². The summed E-state index contributed by atoms with van der Waals surface area (Å²) in [4.78, 5) is 0. The van der Waals surface area contributed by atoms with Crippen LogP contribution in [0.1, 0.15) is 0 Å². The Hall–Kier alpha value is -2.65. The molecule has 0 aliphatic carbocycles. The first-order chi connectivity index (χ1) is 24.0. The van der Waals surface area contributed by atoms with Crippen LogP contribution >= 0.6 is 0 Å². The summed E-state index contributed by atoms with van der Waals surface area (Å²) in [6.45, 7) is 0. The molecule has 0 saturated heterocycles. The second-order valence-electron chi connectivity index (χ2n) is 9.41. The van der Waals surface area contributed by atoms with Crippen LogP contribution < -0.4 is 0 Å². The molecule has 0 spiro atoms. The summed E-state index contributed by atoms with van der Waals surface area (Å²) in [6.07, 6.45) is -103. The summed E-state index contributed by atoms with van der Waals surface area (Å²) < 4.78 is 467. The fourth-order valence-electron chi connectivity index (χ4n) is 2.53. The molecule has 5 atom stereocenters. The second kappa shape index (κ2) is 14.2. The molecule has 0 amide bonds. The average Bonchev–Trinajstić information content (AvgIpc) is 2.87. The van der Waals surface area contributed by atoms with E-state index in [0.717, 1.165) is 9.47 Å². The van der Waals surface area contributed by atoms with Gasteiger partial charge < -0.3 is 0 Å². The number of hydrogen-bond acceptors (Lipinski definition) is 5. The van der Waals surface area contributed by atoms with E-state index in [1.807, 2.05) is 0 Å². The molecule has 0 fully saturated rings. The van der Waals surface area contributed by atoms with Crippen molar-refractivity contribution in [2.45, 2.75) is 103 Å². The quantitative estimate of drug-likeness (QED) is 0.153. The van der Waals surface area contributed by atoms with Gasteiger partial charge in [0.15, 0.2) is 0 Å². The van der Waals surface area contributed by atoms with Crippen molar-refractivity contribution in [2.75, 3.05) is 0 Å². The van der Waals surface area contributed by atoms with E-state index in [1.54, 1.807) is 0 Å². The van der Waals surface area contributed by atoms with Crippen molar-refractivity contribution in [3.8, 4) is 0 Å². The highest BCUT2D eigenvalue weighted by Gasteiger charge is 2.91. The molecule has 57 heavy (non-hydrogen) atoms. The molecule has 0 rings (SSSR count). The standard InChI is InChI=1S/C17HF35O5/c18-1(2(19,20)21)53-14(45,46)4(24,9(31,32)33)55-16(49,50)6(26,11(37,38)39)57-17(51,52)7(27,12(40,41)42)56-15(47,48)5(25,10(34,35)36)54-13(43,44)3(22,23)8(28,29)30/h1H. The Kier molecular flexibility index (Phi) is 13.6. The molecule has 0 aromatic carbocycles. The zero-order valence-corrected chi connectivity index (χ0v) is 23.8. The minimum atomic E-state index is -9.53. The summed E-state index contributed by atoms with van der Waals surface area (Å²) >= 11 is 0. The van der Waals surface area contributed by atoms with Gasteiger partial charge >= 0.3 is 96.9 Å². The molecular formula is C17HF35O5. The lowest BCUT2D eigenvalue weighted by Gasteiger charge is -2.44. The number of hydrogen-bond donors (Lipinski definition) is 0. The SMILES string of the molecule is FC(OC(F)(F)C(F)(OC(F)(F)C(F)(OC(F)(F)C(F)(OC(F)(F)C(F)(OC(F)(F)C(F)(F)C(F)(F)F)C(F)(F)F)C(F)(F)F)C(F)(F)F)C(F)(F)F)C(F)(F)F. The predicted octanol–water partition coefficient (Wildman–Crippen LogP) is 11.0. The molecule has 0 aromatic rings. The third kappa shape index (κ3) is 9.40. The Bertz CT molecular complexity index is 1380. The van der Waals surface area contributed by atoms with E-state index in [2.05, 4.69) is 0 Å². The maximum Gasteiger partial charge on any atom is 0.462 e. The van der Waals surface area contributed by atoms with E-state index >= 15 is 0 Å². The number of alkyl halides is 35. The normalized spacial score (nSPS) is 20.7. The fourth-order valence-corrected chi connectivity index (χ4v) is 2.53. The highest BCUT2D eigenvalue weighted by Crippen LogP contribution is 2.62. The van der Waals surface area contributed by atoms with Crippen LogP contribution in [0.25, 0.3) is 0 Å². The topological polar surface area (TPSA) is 46.2 Å². The third-order valence-corrected chi connectivity index (χ3v) is 5.26. The molecule has 0 saturated carbocycles. The lowest BCUT2D eigenvalue weighted by molar-refractivity contribution is -0.599. The molecule has 40 heteroatoms. The summed E-state index contributed by atoms with van der Waals surface area (Å²) in [5, 5.41) is 0. The van der Waals surface area contributed by atoms with E-state index in [4.69, 9.17) is 0 Å². The van der Waals surface area contributed by atoms with E-state index in [1.165, 1.54) is 4.74 Å². The highest BCUT2D eigenvalue weighted by molar-refractivity contribution is 5.00. The van der Waals surface area contributed by atoms with Gasteiger partial charge in [0.05, 0.1) is 0 Å². The zero-order valence-electron chi connectivity index (χ0n) is 23.8. The van der Waals surface area contributed by atoms with Crippen LogP contribution in [-0.2, 0) is 23.7 Å². The van der Waals surface area contributed by atoms with Crippen LogP contribution in [0.15, 0.2) is 0 Å². The Balaban J connectivity index is 7.87. The monoisotopic (exact) mass is 950 g/mol. The lowest BCUT2D eigenvalue weighted by Crippen LogP contribution is -2.72. The van der Waals surface area contributed by atoms with Crippen LogP contribution in [0.3, 0.4) is 0 Å². The molecule has 0 aliphatic heterocycles. The van der Waals surface area contributed by atoms with Crippen LogP contribution in [0.2, 0.25) is 0 Å². The van der Waals surface area contributed by atoms with Gasteiger partial charge in [-0.3, -0.25) is 23.7 Å². The summed E-state index contributed by atoms with van der Waals surface area (Å²) in [5.41, 5.74) is 0. The summed E-state index contributed by atoms with van der Waals surface area (Å²) in [5.74, 6) is -45.6. The Morgan fingerprint density at radius 3 is 0.614 bits per heavy atom. The minimum Gasteiger partial charge on any atom is -0.272 e. The van der Waals surface area contributed by atoms with Gasteiger partial charge in [-0.15, -0.1) is 0 Å². The van der Waals surface area contributed by atoms with Crippen molar-refractivity contribution in [3.05, 3.63) is 0 Å². The van der Waals surface area contributed by atoms with Gasteiger partial charge in [-0.25, -0.2) is 4.39 Å². The third-order valence-electron chi connectivity index (χ3n) is 5.26. The molecule has 0 radical (unpaired) electrons. The van der Waals surface area contributed by atoms with Crippen molar-refractivity contribution in [1.82, 2.24) is 0 Å². The van der Waals surface area contributed by atoms with Crippen molar-refractivity contribution in [1.29, 1.82) is 0 Å². The van der Waals surface area contributed by atoms with E-state index in [9.17, 15) is 154 Å². The van der Waals surface area contributed by atoms with Gasteiger partial charge in [0.1, 0.15) is 0 Å². The van der Waals surface area contributed by atoms with Crippen LogP contribution in [0, 0.1) is 0 Å². The van der Waals surface area contributed by atoms with Crippen molar-refractivity contribution >= 4 is 0 Å². The fraction of sp³-hybridized carbons (Fsp3) is 1.00. The number of rotatable bonds is 15. The molecule has 344 valence electrons. The van der Waals surface area contributed by atoms with Crippen molar-refractivity contribution < 1.29 is 177 Å². The molecule has 5 nitrogen and oxygen atoms in total. The highest BCUT2D eigenvalue weighted by atomic mass is 19.5. The summed E-state index contributed by atoms with van der Waals surface area (Å²) in [7, 11) is 0. The molecular weight excluding hydrogens is 949 g/mol. The average molecular weight is 950 g/mol. The first kappa shape index (κ1) is 54.3. The molecule has 5 unspecified atom stereocenters. The van der Waals surface area contributed by atoms with Gasteiger partial charge in [-0.1, -0.05) is 0 Å². The van der Waals surface area contributed by atoms with Crippen molar-refractivity contribution in [3.63, 3.8) is 0 Å². The van der Waals surface area contributed by atoms with Crippen LogP contribution in [0.4, 0.5) is 154 Å². The van der Waals surface area contributed by atoms with Gasteiger partial charge in [0.25, 0.3) is 6.36 Å². The van der Waals surface area contributed by atoms with Crippen LogP contribution in [-0.4, -0.2) is 103 Å². The first-order valence-corrected chi connectivity index (χ1v) is 11.5. The summed E-state index contributed by atoms with van der Waals surface area (Å²) in [6, 6.07) is 0. The maximum absolute atomic E-state index is 14.5. The second-order valence-corrected chi connectivity index (χ2v) is 9.41. The molecule has 0 heterocycles. The van der Waals surface area contributed by atoms with Gasteiger partial charge in [0.2, 0.25) is 0 Å². The Morgan fingerprint density at radius 2 is 0.439 bits per heavy atom. The van der Waals surface area contributed by atoms with Gasteiger partial charge in [0, 0.05) is 0 Å². The Labute approximate surface area is 282 Å². The van der Waals surface area contributed by atoms with Gasteiger partial charge in [-0.2, -0.15) is 149 Å². The minimum absolute atomic E-state index is 0.705. The molecule has 0 aromatic heterocycles. The predicted molar refractivity (Wildman–Crippen MR) is 91.7 cm³/mol. The smallest absolute Gasteiger partial charge is 0.272 e. The maximum atomic E-state index is 14.5. The molecule has 0 aliphatic rings. The van der Waals surface area contributed by atoms with E-state index in [-0.39, 0.29) is 0 Å². The Morgan fingerprint density at radius 1 is 0.246 bits per heavy atom. The lowest BCUT2D eigenvalue weighted by atomic mass is 10.2. The molecule has 0 bridgehead atoms. The van der Waals surface area contributed by atoms with E-state index in [0.29, 0.717) is 9.47 Å². The van der Waals surface area contributed by atoms with Gasteiger partial charge in [-0.05, 0) is 0 Å². The van der Waals surface area contributed by atoms with Crippen molar-refractivity contribution in [2.24, 2.45) is 0 Å². The number of ether oxygens (including phenoxy) is 5.